The number of hydrogen-bond donors (Lipinski definition) is 0. The molecule has 0 aromatic carbocycles. The first kappa shape index (κ1) is 28.5. The maximum atomic E-state index is 12.8. The normalized spacial score (nSPS) is 10.7. The Hall–Kier alpha value is -5.52. The molecule has 41 heavy (non-hydrogen) atoms. The standard InChI is InChI=1S/C29H24N4O8/c34-25(21-5-1-9-30-13-21)38-17-29(18-39-26(35)22-6-2-10-31-14-22,19-40-27(36)23-7-3-11-32-15-23)20-41-28(37)24-8-4-12-33-16-24/h1-16H,17-20H2/p+4. The zero-order valence-electron chi connectivity index (χ0n) is 21.8. The molecule has 0 unspecified atom stereocenters. The van der Waals surface area contributed by atoms with Crippen LogP contribution in [0.15, 0.2) is 98.1 Å². The summed E-state index contributed by atoms with van der Waals surface area (Å²) in [5.74, 6) is -2.77. The molecule has 0 atom stereocenters. The third-order valence-corrected chi connectivity index (χ3v) is 5.81. The van der Waals surface area contributed by atoms with Crippen LogP contribution < -0.4 is 19.9 Å². The molecule has 4 aromatic rings. The van der Waals surface area contributed by atoms with E-state index in [9.17, 15) is 19.2 Å². The van der Waals surface area contributed by atoms with Gasteiger partial charge in [-0.15, -0.1) is 0 Å². The highest BCUT2D eigenvalue weighted by atomic mass is 16.6. The number of aromatic nitrogens is 4. The Bertz CT molecular complexity index is 1230. The molecule has 0 amide bonds. The van der Waals surface area contributed by atoms with Crippen molar-refractivity contribution in [3.63, 3.8) is 0 Å². The van der Waals surface area contributed by atoms with Gasteiger partial charge >= 0.3 is 23.9 Å². The van der Waals surface area contributed by atoms with Crippen molar-refractivity contribution in [3.05, 3.63) is 120 Å². The van der Waals surface area contributed by atoms with E-state index in [1.165, 1.54) is 24.8 Å². The summed E-state index contributed by atoms with van der Waals surface area (Å²) < 4.78 is 22.2. The SMILES string of the molecule is O=C(OCC(COC(=O)c1ccc[nH+]c1)(COC(=O)c1ccc[nH+]c1)COC(=O)c1ccc[nH+]c1)c1ccc[nH+]c1. The molecule has 0 radical (unpaired) electrons. The van der Waals surface area contributed by atoms with Crippen molar-refractivity contribution in [2.24, 2.45) is 5.41 Å². The number of carbonyl (C=O) groups excluding carboxylic acids is 4. The number of carbonyl (C=O) groups is 4. The van der Waals surface area contributed by atoms with Crippen LogP contribution in [0.5, 0.6) is 0 Å². The Kier molecular flexibility index (Phi) is 9.75. The van der Waals surface area contributed by atoms with Crippen molar-refractivity contribution in [2.75, 3.05) is 26.4 Å². The highest BCUT2D eigenvalue weighted by Gasteiger charge is 2.39. The van der Waals surface area contributed by atoms with Gasteiger partial charge in [-0.05, 0) is 24.3 Å². The third kappa shape index (κ3) is 8.23. The van der Waals surface area contributed by atoms with Crippen LogP contribution in [-0.4, -0.2) is 50.3 Å². The molecule has 4 rings (SSSR count). The number of ether oxygens (including phenoxy) is 4. The summed E-state index contributed by atoms with van der Waals surface area (Å²) >= 11 is 0. The van der Waals surface area contributed by atoms with Gasteiger partial charge in [-0.25, -0.2) is 39.1 Å². The lowest BCUT2D eigenvalue weighted by atomic mass is 9.92. The monoisotopic (exact) mass is 560 g/mol. The Labute approximate surface area is 234 Å². The van der Waals surface area contributed by atoms with Gasteiger partial charge in [0.05, 0.1) is 0 Å². The lowest BCUT2D eigenvalue weighted by Gasteiger charge is -2.31. The Balaban J connectivity index is 1.58. The van der Waals surface area contributed by atoms with Gasteiger partial charge in [0.15, 0.2) is 49.6 Å². The number of hydrogen-bond acceptors (Lipinski definition) is 8. The fourth-order valence-corrected chi connectivity index (χ4v) is 3.54. The van der Waals surface area contributed by atoms with E-state index < -0.39 is 55.7 Å². The topological polar surface area (TPSA) is 162 Å². The Morgan fingerprint density at radius 2 is 0.707 bits per heavy atom. The van der Waals surface area contributed by atoms with E-state index in [-0.39, 0.29) is 22.3 Å². The maximum absolute atomic E-state index is 12.8. The van der Waals surface area contributed by atoms with Crippen LogP contribution in [0.4, 0.5) is 0 Å². The van der Waals surface area contributed by atoms with Gasteiger partial charge in [0.25, 0.3) is 0 Å². The molecule has 12 nitrogen and oxygen atoms in total. The van der Waals surface area contributed by atoms with Gasteiger partial charge in [0.1, 0.15) is 54.1 Å². The predicted octanol–water partition coefficient (Wildman–Crippen LogP) is 0.657. The van der Waals surface area contributed by atoms with Gasteiger partial charge in [0.2, 0.25) is 0 Å². The predicted molar refractivity (Wildman–Crippen MR) is 136 cm³/mol. The molecule has 12 heteroatoms. The average Bonchev–Trinajstić information content (AvgIpc) is 3.05. The van der Waals surface area contributed by atoms with Gasteiger partial charge in [0, 0.05) is 24.3 Å². The Morgan fingerprint density at radius 1 is 0.463 bits per heavy atom. The summed E-state index contributed by atoms with van der Waals surface area (Å²) in [4.78, 5) is 62.4. The van der Waals surface area contributed by atoms with Crippen LogP contribution in [0.25, 0.3) is 0 Å². The molecule has 0 bridgehead atoms. The zero-order chi connectivity index (χ0) is 28.9. The number of H-pyrrole nitrogens is 4. The van der Waals surface area contributed by atoms with Crippen molar-refractivity contribution in [1.82, 2.24) is 0 Å². The molecule has 0 aliphatic rings. The van der Waals surface area contributed by atoms with Crippen LogP contribution in [0, 0.1) is 5.41 Å². The summed E-state index contributed by atoms with van der Waals surface area (Å²) in [7, 11) is 0. The molecule has 0 aliphatic carbocycles. The summed E-state index contributed by atoms with van der Waals surface area (Å²) in [5.41, 5.74) is -0.553. The number of rotatable bonds is 12. The van der Waals surface area contributed by atoms with E-state index in [1.54, 1.807) is 73.3 Å². The van der Waals surface area contributed by atoms with Gasteiger partial charge in [-0.3, -0.25) is 0 Å². The minimum atomic E-state index is -1.47. The molecule has 0 spiro atoms. The minimum absolute atomic E-state index is 0.229. The maximum Gasteiger partial charge on any atom is 0.344 e. The van der Waals surface area contributed by atoms with E-state index in [0.29, 0.717) is 0 Å². The molecule has 4 N–H and O–H groups in total. The molecule has 0 fully saturated rings. The molecular weight excluding hydrogens is 532 g/mol. The first-order chi connectivity index (χ1) is 20.0. The fraction of sp³-hybridized carbons (Fsp3) is 0.172. The van der Waals surface area contributed by atoms with Crippen molar-refractivity contribution < 1.29 is 58.1 Å². The van der Waals surface area contributed by atoms with Crippen LogP contribution in [0.3, 0.4) is 0 Å². The minimum Gasteiger partial charge on any atom is -0.461 e. The first-order valence-electron chi connectivity index (χ1n) is 12.5. The number of nitrogens with one attached hydrogen (secondary N) is 4. The van der Waals surface area contributed by atoms with E-state index in [2.05, 4.69) is 19.9 Å². The third-order valence-electron chi connectivity index (χ3n) is 5.81. The van der Waals surface area contributed by atoms with E-state index >= 15 is 0 Å². The molecule has 0 saturated heterocycles. The van der Waals surface area contributed by atoms with E-state index in [1.807, 2.05) is 0 Å². The molecule has 208 valence electrons. The second-order valence-corrected chi connectivity index (χ2v) is 8.97. The largest absolute Gasteiger partial charge is 0.461 e. The van der Waals surface area contributed by atoms with Gasteiger partial charge in [-0.1, -0.05) is 0 Å². The Morgan fingerprint density at radius 3 is 0.902 bits per heavy atom. The van der Waals surface area contributed by atoms with Crippen molar-refractivity contribution in [2.45, 2.75) is 0 Å². The van der Waals surface area contributed by atoms with Crippen LogP contribution in [0.2, 0.25) is 0 Å². The average molecular weight is 561 g/mol. The van der Waals surface area contributed by atoms with Gasteiger partial charge < -0.3 is 18.9 Å². The summed E-state index contributed by atoms with van der Waals surface area (Å²) in [5, 5.41) is 0. The molecule has 4 aromatic heterocycles. The summed E-state index contributed by atoms with van der Waals surface area (Å²) in [6.07, 6.45) is 12.3. The quantitative estimate of drug-likeness (QED) is 0.180. The summed E-state index contributed by atoms with van der Waals surface area (Å²) in [6.45, 7) is -1.68. The lowest BCUT2D eigenvalue weighted by Crippen LogP contribution is -2.44. The molecular formula is C29H28N4O8+4. The van der Waals surface area contributed by atoms with Crippen molar-refractivity contribution in [1.29, 1.82) is 0 Å². The molecule has 0 aliphatic heterocycles. The first-order valence-corrected chi connectivity index (χ1v) is 12.5. The molecule has 4 heterocycles. The van der Waals surface area contributed by atoms with Crippen LogP contribution >= 0.6 is 0 Å². The van der Waals surface area contributed by atoms with Crippen molar-refractivity contribution >= 4 is 23.9 Å². The summed E-state index contributed by atoms with van der Waals surface area (Å²) in [6, 6.07) is 12.7. The fourth-order valence-electron chi connectivity index (χ4n) is 3.54. The van der Waals surface area contributed by atoms with Crippen LogP contribution in [-0.2, 0) is 18.9 Å². The number of pyridine rings is 4. The van der Waals surface area contributed by atoms with E-state index in [4.69, 9.17) is 18.9 Å². The second-order valence-electron chi connectivity index (χ2n) is 8.97. The molecule has 0 saturated carbocycles. The lowest BCUT2D eigenvalue weighted by molar-refractivity contribution is -0.378. The number of aromatic amines is 4. The van der Waals surface area contributed by atoms with Gasteiger partial charge in [-0.2, -0.15) is 0 Å². The second kappa shape index (κ2) is 14.0. The smallest absolute Gasteiger partial charge is 0.344 e. The zero-order valence-corrected chi connectivity index (χ0v) is 21.8. The van der Waals surface area contributed by atoms with Crippen LogP contribution in [0.1, 0.15) is 41.4 Å². The highest BCUT2D eigenvalue weighted by molar-refractivity contribution is 5.90. The van der Waals surface area contributed by atoms with Crippen molar-refractivity contribution in [3.8, 4) is 0 Å². The highest BCUT2D eigenvalue weighted by Crippen LogP contribution is 2.23. The number of esters is 4. The van der Waals surface area contributed by atoms with E-state index in [0.717, 1.165) is 0 Å².